The minimum absolute atomic E-state index is 0.177. The smallest absolute Gasteiger partial charge is 0.335 e. The van der Waals surface area contributed by atoms with Crippen LogP contribution in [0.5, 0.6) is 11.5 Å². The van der Waals surface area contributed by atoms with Gasteiger partial charge in [-0.3, -0.25) is 0 Å². The van der Waals surface area contributed by atoms with Crippen LogP contribution >= 0.6 is 11.6 Å². The van der Waals surface area contributed by atoms with E-state index in [-0.39, 0.29) is 12.2 Å². The van der Waals surface area contributed by atoms with Crippen molar-refractivity contribution in [2.75, 3.05) is 6.61 Å². The highest BCUT2D eigenvalue weighted by atomic mass is 35.5. The van der Waals surface area contributed by atoms with Gasteiger partial charge in [-0.15, -0.1) is 0 Å². The lowest BCUT2D eigenvalue weighted by molar-refractivity contribution is 0.0697. The molecule has 4 aromatic rings. The molecule has 4 rings (SSSR count). The van der Waals surface area contributed by atoms with Gasteiger partial charge in [0, 0.05) is 0 Å². The Hall–Kier alpha value is -4.28. The number of nitrogens with one attached hydrogen (secondary N) is 1. The number of fused-ring (bicyclic) bond motifs is 1. The van der Waals surface area contributed by atoms with E-state index in [2.05, 4.69) is 16.0 Å². The number of aromatic nitrogens is 2. The molecule has 0 radical (unpaired) electrons. The maximum absolute atomic E-state index is 11.0. The number of benzene rings is 3. The second-order valence-corrected chi connectivity index (χ2v) is 8.24. The van der Waals surface area contributed by atoms with E-state index in [1.165, 1.54) is 12.1 Å². The molecule has 1 heterocycles. The first-order valence-corrected chi connectivity index (χ1v) is 11.3. The number of nitriles is 1. The van der Waals surface area contributed by atoms with Crippen LogP contribution < -0.4 is 9.47 Å². The van der Waals surface area contributed by atoms with Crippen molar-refractivity contribution in [2.24, 2.45) is 0 Å². The first kappa shape index (κ1) is 23.9. The van der Waals surface area contributed by atoms with Crippen LogP contribution in [0.3, 0.4) is 0 Å². The number of H-pyrrole nitrogens is 1. The minimum atomic E-state index is -0.989. The molecule has 0 spiro atoms. The number of hydrogen-bond acceptors (Lipinski definition) is 5. The van der Waals surface area contributed by atoms with Crippen molar-refractivity contribution in [3.05, 3.63) is 87.7 Å². The van der Waals surface area contributed by atoms with Crippen LogP contribution in [0.4, 0.5) is 0 Å². The van der Waals surface area contributed by atoms with Crippen molar-refractivity contribution >= 4 is 40.3 Å². The molecule has 3 aromatic carbocycles. The van der Waals surface area contributed by atoms with Gasteiger partial charge in [-0.05, 0) is 73.0 Å². The average molecular weight is 488 g/mol. The fourth-order valence-corrected chi connectivity index (χ4v) is 3.82. The molecule has 0 atom stereocenters. The quantitative estimate of drug-likeness (QED) is 0.284. The number of aryl methyl sites for hydroxylation is 1. The summed E-state index contributed by atoms with van der Waals surface area (Å²) in [5.74, 6) is 0.279. The van der Waals surface area contributed by atoms with E-state index in [0.29, 0.717) is 40.1 Å². The van der Waals surface area contributed by atoms with E-state index in [4.69, 9.17) is 26.2 Å². The molecule has 35 heavy (non-hydrogen) atoms. The van der Waals surface area contributed by atoms with Gasteiger partial charge >= 0.3 is 5.97 Å². The van der Waals surface area contributed by atoms with Gasteiger partial charge in [0.25, 0.3) is 0 Å². The van der Waals surface area contributed by atoms with Crippen molar-refractivity contribution in [3.8, 4) is 17.6 Å². The van der Waals surface area contributed by atoms with E-state index < -0.39 is 5.97 Å². The van der Waals surface area contributed by atoms with Gasteiger partial charge in [0.05, 0.1) is 33.8 Å². The first-order chi connectivity index (χ1) is 16.9. The topological polar surface area (TPSA) is 108 Å². The summed E-state index contributed by atoms with van der Waals surface area (Å²) in [5.41, 5.74) is 4.72. The summed E-state index contributed by atoms with van der Waals surface area (Å²) >= 11 is 6.54. The van der Waals surface area contributed by atoms with Gasteiger partial charge in [-0.2, -0.15) is 5.26 Å². The van der Waals surface area contributed by atoms with Crippen LogP contribution in [0.25, 0.3) is 22.7 Å². The number of nitrogens with zero attached hydrogens (tertiary/aromatic N) is 2. The fraction of sp³-hybridized carbons (Fsp3) is 0.148. The molecule has 0 bridgehead atoms. The highest BCUT2D eigenvalue weighted by molar-refractivity contribution is 6.32. The zero-order valence-corrected chi connectivity index (χ0v) is 19.9. The molecule has 0 aliphatic carbocycles. The SMILES string of the molecule is CCOc1cc(C=C(C#N)c2nc3ccc(C)cc3[nH]2)cc(Cl)c1OCc1ccc(C(=O)O)cc1. The Morgan fingerprint density at radius 2 is 1.94 bits per heavy atom. The molecular formula is C27H22ClN3O4. The van der Waals surface area contributed by atoms with Crippen LogP contribution in [-0.4, -0.2) is 27.7 Å². The molecule has 2 N–H and O–H groups in total. The van der Waals surface area contributed by atoms with Gasteiger partial charge in [0.2, 0.25) is 0 Å². The Morgan fingerprint density at radius 3 is 2.63 bits per heavy atom. The monoisotopic (exact) mass is 487 g/mol. The summed E-state index contributed by atoms with van der Waals surface area (Å²) in [6.45, 7) is 4.41. The molecule has 7 nitrogen and oxygen atoms in total. The molecule has 0 fully saturated rings. The number of ether oxygens (including phenoxy) is 2. The van der Waals surface area contributed by atoms with E-state index in [1.807, 2.05) is 32.0 Å². The lowest BCUT2D eigenvalue weighted by Gasteiger charge is -2.15. The highest BCUT2D eigenvalue weighted by Crippen LogP contribution is 2.38. The largest absolute Gasteiger partial charge is 0.490 e. The van der Waals surface area contributed by atoms with Gasteiger partial charge in [-0.25, -0.2) is 9.78 Å². The maximum Gasteiger partial charge on any atom is 0.335 e. The summed E-state index contributed by atoms with van der Waals surface area (Å²) in [6.07, 6.45) is 1.69. The third kappa shape index (κ3) is 5.45. The Morgan fingerprint density at radius 1 is 1.17 bits per heavy atom. The molecule has 0 saturated carbocycles. The van der Waals surface area contributed by atoms with Crippen LogP contribution in [0.1, 0.15) is 39.8 Å². The number of imidazole rings is 1. The van der Waals surface area contributed by atoms with Crippen molar-refractivity contribution in [2.45, 2.75) is 20.5 Å². The molecular weight excluding hydrogens is 466 g/mol. The Labute approximate surface area is 207 Å². The number of hydrogen-bond donors (Lipinski definition) is 2. The highest BCUT2D eigenvalue weighted by Gasteiger charge is 2.15. The van der Waals surface area contributed by atoms with Crippen LogP contribution in [0, 0.1) is 18.3 Å². The Balaban J connectivity index is 1.62. The molecule has 0 aliphatic rings. The van der Waals surface area contributed by atoms with Crippen molar-refractivity contribution in [1.29, 1.82) is 5.26 Å². The lowest BCUT2D eigenvalue weighted by Crippen LogP contribution is -2.02. The standard InChI is InChI=1S/C27H22ClN3O4/c1-3-34-24-13-18(11-20(14-29)26-30-22-9-4-16(2)10-23(22)31-26)12-21(28)25(24)35-15-17-5-7-19(8-6-17)27(32)33/h4-13H,3,15H2,1-2H3,(H,30,31)(H,32,33). The number of carboxylic acids is 1. The van der Waals surface area contributed by atoms with E-state index in [9.17, 15) is 10.1 Å². The zero-order valence-electron chi connectivity index (χ0n) is 19.1. The second kappa shape index (κ2) is 10.3. The molecule has 8 heteroatoms. The third-order valence-electron chi connectivity index (χ3n) is 5.24. The number of halogens is 1. The number of rotatable bonds is 8. The molecule has 0 amide bonds. The predicted octanol–water partition coefficient (Wildman–Crippen LogP) is 6.26. The van der Waals surface area contributed by atoms with Crippen molar-refractivity contribution < 1.29 is 19.4 Å². The van der Waals surface area contributed by atoms with Gasteiger partial charge in [-0.1, -0.05) is 29.8 Å². The van der Waals surface area contributed by atoms with Crippen LogP contribution in [0.2, 0.25) is 5.02 Å². The van der Waals surface area contributed by atoms with E-state index in [0.717, 1.165) is 22.2 Å². The van der Waals surface area contributed by atoms with Gasteiger partial charge in [0.1, 0.15) is 18.5 Å². The predicted molar refractivity (Wildman–Crippen MR) is 135 cm³/mol. The normalized spacial score (nSPS) is 11.3. The number of aromatic amines is 1. The summed E-state index contributed by atoms with van der Waals surface area (Å²) in [5, 5.41) is 19.1. The number of carbonyl (C=O) groups is 1. The molecule has 0 aliphatic heterocycles. The number of aromatic carboxylic acids is 1. The van der Waals surface area contributed by atoms with E-state index >= 15 is 0 Å². The fourth-order valence-electron chi connectivity index (χ4n) is 3.54. The van der Waals surface area contributed by atoms with Crippen molar-refractivity contribution in [1.82, 2.24) is 9.97 Å². The summed E-state index contributed by atoms with van der Waals surface area (Å²) < 4.78 is 11.7. The van der Waals surface area contributed by atoms with Gasteiger partial charge < -0.3 is 19.6 Å². The minimum Gasteiger partial charge on any atom is -0.490 e. The first-order valence-electron chi connectivity index (χ1n) is 10.9. The Kier molecular flexibility index (Phi) is 7.04. The van der Waals surface area contributed by atoms with Crippen LogP contribution in [-0.2, 0) is 6.61 Å². The zero-order chi connectivity index (χ0) is 24.9. The summed E-state index contributed by atoms with van der Waals surface area (Å²) in [7, 11) is 0. The molecule has 0 unspecified atom stereocenters. The Bertz CT molecular complexity index is 1470. The third-order valence-corrected chi connectivity index (χ3v) is 5.52. The van der Waals surface area contributed by atoms with E-state index in [1.54, 1.807) is 30.3 Å². The summed E-state index contributed by atoms with van der Waals surface area (Å²) in [6, 6.07) is 17.9. The average Bonchev–Trinajstić information content (AvgIpc) is 3.25. The molecule has 176 valence electrons. The second-order valence-electron chi connectivity index (χ2n) is 7.83. The summed E-state index contributed by atoms with van der Waals surface area (Å²) in [4.78, 5) is 18.8. The number of carboxylic acid groups (broad SMARTS) is 1. The maximum atomic E-state index is 11.0. The van der Waals surface area contributed by atoms with Gasteiger partial charge in [0.15, 0.2) is 11.5 Å². The van der Waals surface area contributed by atoms with Crippen LogP contribution in [0.15, 0.2) is 54.6 Å². The lowest BCUT2D eigenvalue weighted by atomic mass is 10.1. The molecule has 1 aromatic heterocycles. The molecule has 0 saturated heterocycles. The van der Waals surface area contributed by atoms with Crippen molar-refractivity contribution in [3.63, 3.8) is 0 Å². The number of allylic oxidation sites excluding steroid dienone is 1.